The summed E-state index contributed by atoms with van der Waals surface area (Å²) in [6, 6.07) is 5.07. The highest BCUT2D eigenvalue weighted by atomic mass is 16.5. The van der Waals surface area contributed by atoms with Gasteiger partial charge in [0.1, 0.15) is 5.75 Å². The fourth-order valence-corrected chi connectivity index (χ4v) is 2.30. The molecule has 0 saturated heterocycles. The molecule has 0 spiro atoms. The lowest BCUT2D eigenvalue weighted by atomic mass is 9.64. The fraction of sp³-hybridized carbons (Fsp3) is 0.462. The van der Waals surface area contributed by atoms with Crippen LogP contribution in [0.25, 0.3) is 0 Å². The first-order chi connectivity index (χ1) is 8.10. The van der Waals surface area contributed by atoms with Crippen molar-refractivity contribution in [1.29, 1.82) is 0 Å². The van der Waals surface area contributed by atoms with Crippen molar-refractivity contribution in [3.8, 4) is 5.75 Å². The molecule has 0 aromatic heterocycles. The maximum atomic E-state index is 11.3. The monoisotopic (exact) mass is 236 g/mol. The number of aromatic hydroxyl groups is 1. The molecule has 1 aromatic carbocycles. The number of hydrogen-bond donors (Lipinski definition) is 2. The van der Waals surface area contributed by atoms with E-state index in [2.05, 4.69) is 0 Å². The quantitative estimate of drug-likeness (QED) is 0.839. The van der Waals surface area contributed by atoms with Crippen LogP contribution in [0.5, 0.6) is 5.75 Å². The maximum absolute atomic E-state index is 11.3. The van der Waals surface area contributed by atoms with E-state index in [0.29, 0.717) is 30.6 Å². The number of carbonyl (C=O) groups is 1. The zero-order valence-electron chi connectivity index (χ0n) is 9.77. The lowest BCUT2D eigenvalue weighted by Crippen LogP contribution is -2.42. The SMILES string of the molecule is COCc1ccc(C2(C(=O)O)CCC2)cc1O. The maximum Gasteiger partial charge on any atom is 0.314 e. The molecule has 1 aliphatic rings. The van der Waals surface area contributed by atoms with Gasteiger partial charge in [0.05, 0.1) is 12.0 Å². The number of carboxylic acid groups (broad SMARTS) is 1. The van der Waals surface area contributed by atoms with Crippen LogP contribution in [-0.2, 0) is 21.6 Å². The van der Waals surface area contributed by atoms with Crippen LogP contribution in [0.4, 0.5) is 0 Å². The molecule has 0 atom stereocenters. The summed E-state index contributed by atoms with van der Waals surface area (Å²) >= 11 is 0. The van der Waals surface area contributed by atoms with E-state index in [1.165, 1.54) is 0 Å². The molecule has 1 saturated carbocycles. The molecule has 1 fully saturated rings. The van der Waals surface area contributed by atoms with Gasteiger partial charge in [-0.25, -0.2) is 0 Å². The number of phenols is 1. The number of methoxy groups -OCH3 is 1. The molecule has 2 rings (SSSR count). The van der Waals surface area contributed by atoms with Crippen molar-refractivity contribution in [1.82, 2.24) is 0 Å². The molecule has 1 aromatic rings. The van der Waals surface area contributed by atoms with Crippen LogP contribution in [0.15, 0.2) is 18.2 Å². The van der Waals surface area contributed by atoms with Gasteiger partial charge in [0, 0.05) is 12.7 Å². The molecule has 1 aliphatic carbocycles. The van der Waals surface area contributed by atoms with Crippen molar-refractivity contribution < 1.29 is 19.7 Å². The van der Waals surface area contributed by atoms with E-state index in [4.69, 9.17) is 4.74 Å². The number of phenolic OH excluding ortho intramolecular Hbond substituents is 1. The topological polar surface area (TPSA) is 66.8 Å². The predicted octanol–water partition coefficient (Wildman–Crippen LogP) is 2.04. The summed E-state index contributed by atoms with van der Waals surface area (Å²) in [6.45, 7) is 0.326. The van der Waals surface area contributed by atoms with Gasteiger partial charge in [0.2, 0.25) is 0 Å². The van der Waals surface area contributed by atoms with Crippen LogP contribution in [0, 0.1) is 0 Å². The van der Waals surface area contributed by atoms with Gasteiger partial charge in [0.15, 0.2) is 0 Å². The molecule has 0 heterocycles. The van der Waals surface area contributed by atoms with E-state index in [0.717, 1.165) is 6.42 Å². The summed E-state index contributed by atoms with van der Waals surface area (Å²) in [7, 11) is 1.55. The summed E-state index contributed by atoms with van der Waals surface area (Å²) in [5.74, 6) is -0.695. The molecular weight excluding hydrogens is 220 g/mol. The Morgan fingerprint density at radius 1 is 1.47 bits per heavy atom. The molecule has 92 valence electrons. The van der Waals surface area contributed by atoms with E-state index in [1.54, 1.807) is 25.3 Å². The van der Waals surface area contributed by atoms with Gasteiger partial charge in [-0.1, -0.05) is 18.6 Å². The summed E-state index contributed by atoms with van der Waals surface area (Å²) in [4.78, 5) is 11.3. The number of ether oxygens (including phenoxy) is 1. The number of rotatable bonds is 4. The average molecular weight is 236 g/mol. The van der Waals surface area contributed by atoms with Gasteiger partial charge in [-0.2, -0.15) is 0 Å². The van der Waals surface area contributed by atoms with Crippen molar-refractivity contribution in [3.05, 3.63) is 29.3 Å². The Hall–Kier alpha value is -1.55. The van der Waals surface area contributed by atoms with E-state index in [9.17, 15) is 15.0 Å². The Bertz CT molecular complexity index is 435. The second kappa shape index (κ2) is 4.37. The minimum Gasteiger partial charge on any atom is -0.508 e. The van der Waals surface area contributed by atoms with E-state index in [-0.39, 0.29) is 5.75 Å². The fourth-order valence-electron chi connectivity index (χ4n) is 2.30. The highest BCUT2D eigenvalue weighted by Gasteiger charge is 2.46. The first-order valence-electron chi connectivity index (χ1n) is 5.65. The van der Waals surface area contributed by atoms with Crippen molar-refractivity contribution in [2.45, 2.75) is 31.3 Å². The van der Waals surface area contributed by atoms with Crippen molar-refractivity contribution in [2.24, 2.45) is 0 Å². The highest BCUT2D eigenvalue weighted by molar-refractivity contribution is 5.82. The van der Waals surface area contributed by atoms with Gasteiger partial charge >= 0.3 is 5.97 Å². The van der Waals surface area contributed by atoms with Crippen molar-refractivity contribution >= 4 is 5.97 Å². The smallest absolute Gasteiger partial charge is 0.314 e. The number of carboxylic acids is 1. The van der Waals surface area contributed by atoms with Crippen LogP contribution in [0.1, 0.15) is 30.4 Å². The van der Waals surface area contributed by atoms with Gasteiger partial charge in [-0.3, -0.25) is 4.79 Å². The van der Waals surface area contributed by atoms with E-state index in [1.807, 2.05) is 0 Å². The summed E-state index contributed by atoms with van der Waals surface area (Å²) < 4.78 is 4.95. The molecule has 4 nitrogen and oxygen atoms in total. The Balaban J connectivity index is 2.34. The van der Waals surface area contributed by atoms with Crippen LogP contribution in [-0.4, -0.2) is 23.3 Å². The van der Waals surface area contributed by atoms with Gasteiger partial charge in [-0.05, 0) is 24.5 Å². The average Bonchev–Trinajstić information content (AvgIpc) is 2.20. The van der Waals surface area contributed by atoms with Gasteiger partial charge in [-0.15, -0.1) is 0 Å². The summed E-state index contributed by atoms with van der Waals surface area (Å²) in [5, 5.41) is 19.1. The van der Waals surface area contributed by atoms with Crippen LogP contribution < -0.4 is 0 Å². The third kappa shape index (κ3) is 1.89. The molecule has 0 radical (unpaired) electrons. The minimum absolute atomic E-state index is 0.108. The molecule has 4 heteroatoms. The first kappa shape index (κ1) is 11.9. The second-order valence-corrected chi connectivity index (χ2v) is 4.52. The number of benzene rings is 1. The molecule has 17 heavy (non-hydrogen) atoms. The Labute approximate surface area is 99.8 Å². The highest BCUT2D eigenvalue weighted by Crippen LogP contribution is 2.45. The first-order valence-corrected chi connectivity index (χ1v) is 5.65. The molecule has 0 bridgehead atoms. The standard InChI is InChI=1S/C13H16O4/c1-17-8-9-3-4-10(7-11(9)14)13(12(15)16)5-2-6-13/h3-4,7,14H,2,5-6,8H2,1H3,(H,15,16). The molecule has 2 N–H and O–H groups in total. The molecule has 0 unspecified atom stereocenters. The largest absolute Gasteiger partial charge is 0.508 e. The Morgan fingerprint density at radius 3 is 2.59 bits per heavy atom. The van der Waals surface area contributed by atoms with Gasteiger partial charge in [0.25, 0.3) is 0 Å². The van der Waals surface area contributed by atoms with Crippen molar-refractivity contribution in [2.75, 3.05) is 7.11 Å². The Morgan fingerprint density at radius 2 is 2.18 bits per heavy atom. The Kier molecular flexibility index (Phi) is 3.07. The lowest BCUT2D eigenvalue weighted by Gasteiger charge is -2.38. The predicted molar refractivity (Wildman–Crippen MR) is 62.0 cm³/mol. The van der Waals surface area contributed by atoms with Crippen LogP contribution in [0.2, 0.25) is 0 Å². The van der Waals surface area contributed by atoms with Crippen LogP contribution in [0.3, 0.4) is 0 Å². The second-order valence-electron chi connectivity index (χ2n) is 4.52. The van der Waals surface area contributed by atoms with E-state index < -0.39 is 11.4 Å². The number of hydrogen-bond acceptors (Lipinski definition) is 3. The summed E-state index contributed by atoms with van der Waals surface area (Å²) in [5.41, 5.74) is 0.577. The van der Waals surface area contributed by atoms with Gasteiger partial charge < -0.3 is 14.9 Å². The third-order valence-corrected chi connectivity index (χ3v) is 3.55. The normalized spacial score (nSPS) is 17.5. The van der Waals surface area contributed by atoms with E-state index >= 15 is 0 Å². The molecule has 0 amide bonds. The zero-order valence-corrected chi connectivity index (χ0v) is 9.77. The van der Waals surface area contributed by atoms with Crippen LogP contribution >= 0.6 is 0 Å². The molecular formula is C13H16O4. The summed E-state index contributed by atoms with van der Waals surface area (Å²) in [6.07, 6.45) is 2.21. The zero-order chi connectivity index (χ0) is 12.5. The van der Waals surface area contributed by atoms with Crippen molar-refractivity contribution in [3.63, 3.8) is 0 Å². The lowest BCUT2D eigenvalue weighted by molar-refractivity contribution is -0.147. The molecule has 0 aliphatic heterocycles. The third-order valence-electron chi connectivity index (χ3n) is 3.55. The number of aliphatic carboxylic acids is 1. The minimum atomic E-state index is -0.803.